The number of nitrogens with one attached hydrogen (secondary N) is 1. The number of rotatable bonds is 4. The number of hydrogen-bond donors (Lipinski definition) is 1. The third kappa shape index (κ3) is 3.19. The molecule has 1 aromatic rings. The predicted molar refractivity (Wildman–Crippen MR) is 76.0 cm³/mol. The molecule has 1 fully saturated rings. The summed E-state index contributed by atoms with van der Waals surface area (Å²) in [5.74, 6) is 0.117. The average Bonchev–Trinajstić information content (AvgIpc) is 2.86. The molecule has 108 valence electrons. The molecule has 1 saturated carbocycles. The third-order valence-electron chi connectivity index (χ3n) is 4.03. The minimum atomic E-state index is -0.382. The van der Waals surface area contributed by atoms with Crippen molar-refractivity contribution in [2.24, 2.45) is 13.0 Å². The van der Waals surface area contributed by atoms with Gasteiger partial charge in [-0.1, -0.05) is 26.2 Å². The smallest absolute Gasteiger partial charge is 0.255 e. The summed E-state index contributed by atoms with van der Waals surface area (Å²) in [6.45, 7) is 1.97. The van der Waals surface area contributed by atoms with Gasteiger partial charge >= 0.3 is 0 Å². The van der Waals surface area contributed by atoms with Crippen molar-refractivity contribution in [1.82, 2.24) is 15.1 Å². The molecule has 1 heterocycles. The second-order valence-electron chi connectivity index (χ2n) is 5.50. The van der Waals surface area contributed by atoms with E-state index in [1.807, 2.05) is 6.92 Å². The monoisotopic (exact) mass is 274 g/mol. The van der Waals surface area contributed by atoms with Crippen LogP contribution in [0.2, 0.25) is 0 Å². The molecule has 5 nitrogen and oxygen atoms in total. The van der Waals surface area contributed by atoms with E-state index >= 15 is 0 Å². The molecular formula is C15H22N4O. The zero-order valence-electron chi connectivity index (χ0n) is 12.2. The van der Waals surface area contributed by atoms with Gasteiger partial charge in [-0.05, 0) is 25.2 Å². The van der Waals surface area contributed by atoms with Gasteiger partial charge in [0, 0.05) is 13.2 Å². The van der Waals surface area contributed by atoms with Crippen molar-refractivity contribution < 1.29 is 4.79 Å². The highest BCUT2D eigenvalue weighted by Gasteiger charge is 2.26. The van der Waals surface area contributed by atoms with Gasteiger partial charge in [0.25, 0.3) is 5.91 Å². The van der Waals surface area contributed by atoms with Crippen LogP contribution < -0.4 is 5.32 Å². The molecule has 2 rings (SSSR count). The Morgan fingerprint density at radius 3 is 2.85 bits per heavy atom. The van der Waals surface area contributed by atoms with Gasteiger partial charge in [0.15, 0.2) is 0 Å². The first kappa shape index (κ1) is 14.6. The summed E-state index contributed by atoms with van der Waals surface area (Å²) >= 11 is 0. The number of aromatic nitrogens is 2. The van der Waals surface area contributed by atoms with Crippen LogP contribution >= 0.6 is 0 Å². The fourth-order valence-electron chi connectivity index (χ4n) is 2.93. The molecule has 5 heteroatoms. The van der Waals surface area contributed by atoms with Crippen molar-refractivity contribution in [2.45, 2.75) is 51.5 Å². The Labute approximate surface area is 120 Å². The summed E-state index contributed by atoms with van der Waals surface area (Å²) in [7, 11) is 1.80. The number of carbonyl (C=O) groups excluding carboxylic acids is 1. The van der Waals surface area contributed by atoms with Crippen LogP contribution in [0.15, 0.2) is 6.20 Å². The molecular weight excluding hydrogens is 252 g/mol. The molecule has 1 amide bonds. The van der Waals surface area contributed by atoms with Gasteiger partial charge in [0.1, 0.15) is 6.04 Å². The fraction of sp³-hybridized carbons (Fsp3) is 0.667. The van der Waals surface area contributed by atoms with E-state index in [2.05, 4.69) is 16.5 Å². The summed E-state index contributed by atoms with van der Waals surface area (Å²) < 4.78 is 1.65. The van der Waals surface area contributed by atoms with Crippen LogP contribution in [0.1, 0.15) is 55.1 Å². The SMILES string of the molecule is CCc1nn(C)cc1C(=O)NC(C#N)C1CCCCC1. The normalized spacial score (nSPS) is 17.4. The summed E-state index contributed by atoms with van der Waals surface area (Å²) in [5.41, 5.74) is 1.37. The van der Waals surface area contributed by atoms with Crippen molar-refractivity contribution in [3.8, 4) is 6.07 Å². The van der Waals surface area contributed by atoms with E-state index in [9.17, 15) is 10.1 Å². The molecule has 0 spiro atoms. The Kier molecular flexibility index (Phi) is 4.78. The number of nitriles is 1. The maximum Gasteiger partial charge on any atom is 0.255 e. The van der Waals surface area contributed by atoms with Crippen LogP contribution in [-0.4, -0.2) is 21.7 Å². The molecule has 1 aliphatic rings. The van der Waals surface area contributed by atoms with E-state index in [1.165, 1.54) is 6.42 Å². The lowest BCUT2D eigenvalue weighted by Crippen LogP contribution is -2.40. The van der Waals surface area contributed by atoms with Gasteiger partial charge in [0.2, 0.25) is 0 Å². The van der Waals surface area contributed by atoms with Crippen LogP contribution in [0, 0.1) is 17.2 Å². The van der Waals surface area contributed by atoms with Crippen molar-refractivity contribution in [1.29, 1.82) is 5.26 Å². The molecule has 20 heavy (non-hydrogen) atoms. The van der Waals surface area contributed by atoms with Crippen LogP contribution in [0.25, 0.3) is 0 Å². The van der Waals surface area contributed by atoms with Crippen LogP contribution in [0.5, 0.6) is 0 Å². The highest BCUT2D eigenvalue weighted by Crippen LogP contribution is 2.26. The van der Waals surface area contributed by atoms with Crippen molar-refractivity contribution >= 4 is 5.91 Å². The lowest BCUT2D eigenvalue weighted by Gasteiger charge is -2.26. The topological polar surface area (TPSA) is 70.7 Å². The molecule has 0 radical (unpaired) electrons. The molecule has 1 aromatic heterocycles. The molecule has 0 aromatic carbocycles. The van der Waals surface area contributed by atoms with Crippen LogP contribution in [0.4, 0.5) is 0 Å². The van der Waals surface area contributed by atoms with Gasteiger partial charge in [-0.15, -0.1) is 0 Å². The highest BCUT2D eigenvalue weighted by atomic mass is 16.1. The third-order valence-corrected chi connectivity index (χ3v) is 4.03. The Morgan fingerprint density at radius 1 is 1.55 bits per heavy atom. The maximum absolute atomic E-state index is 12.3. The second kappa shape index (κ2) is 6.56. The first-order chi connectivity index (χ1) is 9.65. The van der Waals surface area contributed by atoms with Gasteiger partial charge in [0.05, 0.1) is 17.3 Å². The van der Waals surface area contributed by atoms with Gasteiger partial charge < -0.3 is 5.32 Å². The van der Waals surface area contributed by atoms with E-state index < -0.39 is 0 Å². The minimum absolute atomic E-state index is 0.174. The van der Waals surface area contributed by atoms with E-state index in [1.54, 1.807) is 17.9 Å². The summed E-state index contributed by atoms with van der Waals surface area (Å²) in [4.78, 5) is 12.3. The number of nitrogens with zero attached hydrogens (tertiary/aromatic N) is 3. The Morgan fingerprint density at radius 2 is 2.25 bits per heavy atom. The van der Waals surface area contributed by atoms with Crippen molar-refractivity contribution in [3.63, 3.8) is 0 Å². The largest absolute Gasteiger partial charge is 0.336 e. The molecule has 1 N–H and O–H groups in total. The molecule has 1 unspecified atom stereocenters. The number of carbonyl (C=O) groups is 1. The average molecular weight is 274 g/mol. The van der Waals surface area contributed by atoms with Gasteiger partial charge in [-0.3, -0.25) is 9.48 Å². The Balaban J connectivity index is 2.07. The van der Waals surface area contributed by atoms with Crippen LogP contribution in [-0.2, 0) is 13.5 Å². The lowest BCUT2D eigenvalue weighted by atomic mass is 9.84. The zero-order valence-corrected chi connectivity index (χ0v) is 12.2. The number of aryl methyl sites for hydroxylation is 2. The first-order valence-corrected chi connectivity index (χ1v) is 7.38. The summed E-state index contributed by atoms with van der Waals surface area (Å²) in [5, 5.41) is 16.5. The molecule has 0 saturated heterocycles. The quantitative estimate of drug-likeness (QED) is 0.914. The molecule has 0 bridgehead atoms. The fourth-order valence-corrected chi connectivity index (χ4v) is 2.93. The number of hydrogen-bond acceptors (Lipinski definition) is 3. The molecule has 1 aliphatic carbocycles. The lowest BCUT2D eigenvalue weighted by molar-refractivity contribution is 0.0928. The summed E-state index contributed by atoms with van der Waals surface area (Å²) in [6, 6.07) is 1.88. The predicted octanol–water partition coefficient (Wildman–Crippen LogP) is 2.18. The van der Waals surface area contributed by atoms with Crippen molar-refractivity contribution in [2.75, 3.05) is 0 Å². The van der Waals surface area contributed by atoms with Crippen molar-refractivity contribution in [3.05, 3.63) is 17.5 Å². The Hall–Kier alpha value is -1.83. The van der Waals surface area contributed by atoms with E-state index in [-0.39, 0.29) is 11.9 Å². The minimum Gasteiger partial charge on any atom is -0.336 e. The molecule has 1 atom stereocenters. The standard InChI is InChI=1S/C15H22N4O/c1-3-13-12(10-19(2)18-13)15(20)17-14(9-16)11-7-5-4-6-8-11/h10-11,14H,3-8H2,1-2H3,(H,17,20). The van der Waals surface area contributed by atoms with Crippen LogP contribution in [0.3, 0.4) is 0 Å². The summed E-state index contributed by atoms with van der Waals surface area (Å²) in [6.07, 6.45) is 8.06. The van der Waals surface area contributed by atoms with Gasteiger partial charge in [-0.25, -0.2) is 0 Å². The second-order valence-corrected chi connectivity index (χ2v) is 5.50. The molecule has 0 aliphatic heterocycles. The zero-order chi connectivity index (χ0) is 14.5. The number of amides is 1. The van der Waals surface area contributed by atoms with Gasteiger partial charge in [-0.2, -0.15) is 10.4 Å². The Bertz CT molecular complexity index is 508. The first-order valence-electron chi connectivity index (χ1n) is 7.38. The van der Waals surface area contributed by atoms with E-state index in [4.69, 9.17) is 0 Å². The van der Waals surface area contributed by atoms with E-state index in [0.29, 0.717) is 17.9 Å². The highest BCUT2D eigenvalue weighted by molar-refractivity contribution is 5.95. The van der Waals surface area contributed by atoms with E-state index in [0.717, 1.165) is 31.4 Å². The maximum atomic E-state index is 12.3.